The van der Waals surface area contributed by atoms with Crippen LogP contribution in [0.4, 0.5) is 0 Å². The molecule has 0 saturated carbocycles. The van der Waals surface area contributed by atoms with Crippen molar-refractivity contribution >= 4 is 51.5 Å². The number of aromatic amines is 1. The van der Waals surface area contributed by atoms with Gasteiger partial charge >= 0.3 is 11.9 Å². The Morgan fingerprint density at radius 3 is 2.43 bits per heavy atom. The number of nitrogens with zero attached hydrogens (tertiary/aromatic N) is 3. The van der Waals surface area contributed by atoms with Crippen molar-refractivity contribution in [1.82, 2.24) is 25.5 Å². The van der Waals surface area contributed by atoms with E-state index in [-0.39, 0.29) is 24.4 Å². The molecule has 16 nitrogen and oxygen atoms in total. The normalized spacial score (nSPS) is 18.3. The van der Waals surface area contributed by atoms with Crippen molar-refractivity contribution in [3.05, 3.63) is 95.0 Å². The molecule has 240 valence electrons. The highest BCUT2D eigenvalue weighted by molar-refractivity contribution is 8.00. The first-order valence-electron chi connectivity index (χ1n) is 13.6. The number of thioether (sulfide) groups is 1. The van der Waals surface area contributed by atoms with Gasteiger partial charge in [0.2, 0.25) is 5.91 Å². The highest BCUT2D eigenvalue weighted by Crippen LogP contribution is 2.40. The van der Waals surface area contributed by atoms with Crippen LogP contribution in [0.15, 0.2) is 72.5 Å². The lowest BCUT2D eigenvalue weighted by Gasteiger charge is -2.49. The SMILES string of the molecule is O=C(O)C1=C(C[n+]2ccc(CCS(=O)(=O)[O-])cc2)CSC2C(NC(=O)C(NC(=O)c3nc[nH]c3C(=O)O)c3ccccc3)C(=O)N12. The third-order valence-electron chi connectivity index (χ3n) is 7.26. The molecular formula is C28H26N6O10S2. The van der Waals surface area contributed by atoms with Crippen LogP contribution in [0.25, 0.3) is 0 Å². The van der Waals surface area contributed by atoms with Crippen LogP contribution < -0.4 is 15.2 Å². The van der Waals surface area contributed by atoms with E-state index < -0.39 is 74.4 Å². The number of carboxylic acids is 2. The third-order valence-corrected chi connectivity index (χ3v) is 9.30. The Bertz CT molecular complexity index is 1840. The maximum absolute atomic E-state index is 13.5. The van der Waals surface area contributed by atoms with Crippen molar-refractivity contribution in [2.24, 2.45) is 0 Å². The maximum Gasteiger partial charge on any atom is 0.354 e. The average molecular weight is 671 g/mol. The Kier molecular flexibility index (Phi) is 9.22. The summed E-state index contributed by atoms with van der Waals surface area (Å²) in [5.74, 6) is -5.50. The molecule has 0 aliphatic carbocycles. The van der Waals surface area contributed by atoms with Gasteiger partial charge in [0.15, 0.2) is 30.3 Å². The average Bonchev–Trinajstić information content (AvgIpc) is 3.52. The number of aromatic nitrogens is 3. The van der Waals surface area contributed by atoms with Crippen molar-refractivity contribution in [1.29, 1.82) is 0 Å². The first-order chi connectivity index (χ1) is 21.8. The van der Waals surface area contributed by atoms with Gasteiger partial charge < -0.3 is 30.4 Å². The van der Waals surface area contributed by atoms with Crippen LogP contribution in [0.3, 0.4) is 0 Å². The van der Waals surface area contributed by atoms with Crippen molar-refractivity contribution in [2.45, 2.75) is 30.4 Å². The molecule has 0 spiro atoms. The third kappa shape index (κ3) is 6.93. The molecule has 4 heterocycles. The molecule has 0 bridgehead atoms. The number of aryl methyl sites for hydroxylation is 1. The number of hydrogen-bond donors (Lipinski definition) is 5. The first-order valence-corrected chi connectivity index (χ1v) is 16.2. The van der Waals surface area contributed by atoms with E-state index in [2.05, 4.69) is 20.6 Å². The Labute approximate surface area is 265 Å². The molecule has 3 unspecified atom stereocenters. The number of H-pyrrole nitrogens is 1. The molecule has 1 fully saturated rings. The predicted octanol–water partition coefficient (Wildman–Crippen LogP) is -0.607. The molecule has 2 aliphatic rings. The number of β-lactam (4-membered cyclic amide) rings is 1. The molecule has 5 rings (SSSR count). The van der Waals surface area contributed by atoms with Crippen molar-refractivity contribution < 1.29 is 51.7 Å². The van der Waals surface area contributed by atoms with Gasteiger partial charge in [-0.15, -0.1) is 11.8 Å². The fraction of sp³-hybridized carbons (Fsp3) is 0.250. The lowest BCUT2D eigenvalue weighted by atomic mass is 10.0. The Morgan fingerprint density at radius 1 is 1.11 bits per heavy atom. The van der Waals surface area contributed by atoms with E-state index in [9.17, 15) is 47.2 Å². The van der Waals surface area contributed by atoms with E-state index in [4.69, 9.17) is 0 Å². The van der Waals surface area contributed by atoms with Crippen LogP contribution in [0, 0.1) is 0 Å². The van der Waals surface area contributed by atoms with Crippen LogP contribution in [-0.2, 0) is 37.5 Å². The molecule has 0 radical (unpaired) electrons. The van der Waals surface area contributed by atoms with Gasteiger partial charge in [0.1, 0.15) is 23.2 Å². The lowest BCUT2D eigenvalue weighted by molar-refractivity contribution is -0.689. The van der Waals surface area contributed by atoms with E-state index >= 15 is 0 Å². The number of carbonyl (C=O) groups is 5. The second kappa shape index (κ2) is 13.1. The van der Waals surface area contributed by atoms with Gasteiger partial charge in [-0.25, -0.2) is 27.6 Å². The number of nitrogens with one attached hydrogen (secondary N) is 3. The lowest BCUT2D eigenvalue weighted by Crippen LogP contribution is -2.71. The summed E-state index contributed by atoms with van der Waals surface area (Å²) in [5, 5.41) is 23.7. The summed E-state index contributed by atoms with van der Waals surface area (Å²) in [5.41, 5.74) is 0.235. The van der Waals surface area contributed by atoms with E-state index in [1.807, 2.05) is 0 Å². The summed E-state index contributed by atoms with van der Waals surface area (Å²) < 4.78 is 34.4. The van der Waals surface area contributed by atoms with E-state index in [0.29, 0.717) is 16.7 Å². The number of amides is 3. The van der Waals surface area contributed by atoms with Gasteiger partial charge in [0.25, 0.3) is 11.8 Å². The molecule has 3 amide bonds. The fourth-order valence-electron chi connectivity index (χ4n) is 5.04. The molecular weight excluding hydrogens is 644 g/mol. The predicted molar refractivity (Wildman–Crippen MR) is 157 cm³/mol. The second-order valence-electron chi connectivity index (χ2n) is 10.3. The van der Waals surface area contributed by atoms with Crippen molar-refractivity contribution in [2.75, 3.05) is 11.5 Å². The molecule has 5 N–H and O–H groups in total. The molecule has 1 saturated heterocycles. The zero-order chi connectivity index (χ0) is 33.2. The van der Waals surface area contributed by atoms with Crippen molar-refractivity contribution in [3.63, 3.8) is 0 Å². The standard InChI is InChI=1S/C28H26N6O10S2/c35-23(18(16-4-2-1-3-5-16)31-24(36)19-20(27(38)39)30-14-29-19)32-21-25(37)34-22(28(40)41)17(13-45-26(21)34)12-33-9-6-15(7-10-33)8-11-46(42,43)44/h1-7,9-10,14,18,21,26H,8,11-13H2,(H5-,29,30,31,32,35,36,38,39,40,41,42,43,44). The number of aromatic carboxylic acids is 1. The molecule has 2 aliphatic heterocycles. The van der Waals surface area contributed by atoms with Crippen LogP contribution in [0.1, 0.15) is 38.1 Å². The highest BCUT2D eigenvalue weighted by atomic mass is 32.2. The van der Waals surface area contributed by atoms with E-state index in [0.717, 1.165) is 11.2 Å². The Morgan fingerprint density at radius 2 is 1.80 bits per heavy atom. The minimum atomic E-state index is -4.37. The summed E-state index contributed by atoms with van der Waals surface area (Å²) >= 11 is 1.24. The topological polar surface area (TPSA) is 243 Å². The van der Waals surface area contributed by atoms with Gasteiger partial charge in [0.05, 0.1) is 16.4 Å². The molecule has 1 aromatic carbocycles. The van der Waals surface area contributed by atoms with Crippen LogP contribution in [0.5, 0.6) is 0 Å². The monoisotopic (exact) mass is 670 g/mol. The summed E-state index contributed by atoms with van der Waals surface area (Å²) in [4.78, 5) is 70.7. The van der Waals surface area contributed by atoms with E-state index in [1.54, 1.807) is 59.4 Å². The van der Waals surface area contributed by atoms with Crippen LogP contribution in [0.2, 0.25) is 0 Å². The molecule has 3 aromatic rings. The number of carbonyl (C=O) groups excluding carboxylic acids is 3. The van der Waals surface area contributed by atoms with Gasteiger partial charge in [-0.2, -0.15) is 0 Å². The zero-order valence-electron chi connectivity index (χ0n) is 23.7. The molecule has 2 aromatic heterocycles. The zero-order valence-corrected chi connectivity index (χ0v) is 25.3. The van der Waals surface area contributed by atoms with E-state index in [1.165, 1.54) is 11.8 Å². The van der Waals surface area contributed by atoms with Crippen molar-refractivity contribution in [3.8, 4) is 0 Å². The highest BCUT2D eigenvalue weighted by Gasteiger charge is 2.55. The molecule has 18 heteroatoms. The van der Waals surface area contributed by atoms with Gasteiger partial charge in [-0.3, -0.25) is 19.3 Å². The Hall–Kier alpha value is -5.07. The number of rotatable bonds is 12. The van der Waals surface area contributed by atoms with Crippen LogP contribution in [-0.4, -0.2) is 90.6 Å². The fourth-order valence-corrected chi connectivity index (χ4v) is 6.86. The summed E-state index contributed by atoms with van der Waals surface area (Å²) in [7, 11) is -4.37. The number of hydrogen-bond acceptors (Lipinski definition) is 10. The number of imidazole rings is 1. The maximum atomic E-state index is 13.5. The minimum absolute atomic E-state index is 0.0316. The largest absolute Gasteiger partial charge is 0.748 e. The van der Waals surface area contributed by atoms with Gasteiger partial charge in [-0.05, 0) is 17.5 Å². The number of pyridine rings is 1. The van der Waals surface area contributed by atoms with Gasteiger partial charge in [-0.1, -0.05) is 30.3 Å². The minimum Gasteiger partial charge on any atom is -0.748 e. The first kappa shape index (κ1) is 32.3. The van der Waals surface area contributed by atoms with Crippen LogP contribution >= 0.6 is 11.8 Å². The number of fused-ring (bicyclic) bond motifs is 1. The quantitative estimate of drug-likeness (QED) is 0.0921. The molecule has 46 heavy (non-hydrogen) atoms. The second-order valence-corrected chi connectivity index (χ2v) is 12.9. The number of benzene rings is 1. The van der Waals surface area contributed by atoms with Gasteiger partial charge in [0, 0.05) is 29.2 Å². The summed E-state index contributed by atoms with van der Waals surface area (Å²) in [6.07, 6.45) is 4.28. The molecule has 3 atom stereocenters. The Balaban J connectivity index is 1.31. The number of carboxylic acid groups (broad SMARTS) is 2. The number of aliphatic carboxylic acids is 1. The summed E-state index contributed by atoms with van der Waals surface area (Å²) in [6.45, 7) is 0.107. The summed E-state index contributed by atoms with van der Waals surface area (Å²) in [6, 6.07) is 8.83. The smallest absolute Gasteiger partial charge is 0.354 e.